The van der Waals surface area contributed by atoms with Gasteiger partial charge in [-0.15, -0.1) is 0 Å². The zero-order valence-electron chi connectivity index (χ0n) is 25.1. The van der Waals surface area contributed by atoms with Gasteiger partial charge in [0.25, 0.3) is 0 Å². The minimum Gasteiger partial charge on any atom is -0.466 e. The fourth-order valence-corrected chi connectivity index (χ4v) is 9.42. The summed E-state index contributed by atoms with van der Waals surface area (Å²) in [6, 6.07) is 0. The van der Waals surface area contributed by atoms with Crippen molar-refractivity contribution in [2.75, 3.05) is 13.2 Å². The number of esters is 2. The van der Waals surface area contributed by atoms with Crippen molar-refractivity contribution < 1.29 is 38.2 Å². The highest BCUT2D eigenvalue weighted by atomic mass is 16.7. The Labute approximate surface area is 244 Å². The molecule has 41 heavy (non-hydrogen) atoms. The molecular weight excluding hydrogens is 524 g/mol. The van der Waals surface area contributed by atoms with Crippen molar-refractivity contribution in [1.82, 2.24) is 0 Å². The van der Waals surface area contributed by atoms with E-state index in [9.17, 15) is 24.0 Å². The summed E-state index contributed by atoms with van der Waals surface area (Å²) < 4.78 is 16.1. The third kappa shape index (κ3) is 5.92. The van der Waals surface area contributed by atoms with Crippen LogP contribution in [-0.4, -0.2) is 48.8 Å². The molecule has 4 saturated carbocycles. The van der Waals surface area contributed by atoms with Crippen LogP contribution < -0.4 is 0 Å². The Hall–Kier alpha value is -2.09. The molecule has 9 atom stereocenters. The lowest BCUT2D eigenvalue weighted by Crippen LogP contribution is -2.60. The lowest BCUT2D eigenvalue weighted by molar-refractivity contribution is -0.187. The molecular formula is C33H48O8. The largest absolute Gasteiger partial charge is 0.466 e. The highest BCUT2D eigenvalue weighted by Crippen LogP contribution is 2.66. The van der Waals surface area contributed by atoms with Crippen molar-refractivity contribution in [1.29, 1.82) is 0 Å². The van der Waals surface area contributed by atoms with E-state index in [1.807, 2.05) is 0 Å². The van der Waals surface area contributed by atoms with Crippen LogP contribution in [0.1, 0.15) is 111 Å². The molecule has 1 saturated heterocycles. The molecule has 5 aliphatic rings. The second kappa shape index (κ2) is 12.3. The van der Waals surface area contributed by atoms with Crippen LogP contribution in [0.2, 0.25) is 0 Å². The maximum atomic E-state index is 13.9. The number of carbonyl (C=O) groups excluding carboxylic acids is 5. The van der Waals surface area contributed by atoms with Gasteiger partial charge in [0, 0.05) is 56.3 Å². The lowest BCUT2D eigenvalue weighted by Gasteiger charge is -2.58. The van der Waals surface area contributed by atoms with Crippen LogP contribution in [-0.2, 0) is 38.2 Å². The van der Waals surface area contributed by atoms with Crippen LogP contribution in [0.15, 0.2) is 0 Å². The maximum absolute atomic E-state index is 13.9. The Morgan fingerprint density at radius 2 is 1.78 bits per heavy atom. The molecule has 0 aromatic rings. The van der Waals surface area contributed by atoms with Crippen molar-refractivity contribution in [2.24, 2.45) is 46.3 Å². The average molecular weight is 573 g/mol. The van der Waals surface area contributed by atoms with Gasteiger partial charge in [-0.1, -0.05) is 20.8 Å². The summed E-state index contributed by atoms with van der Waals surface area (Å²) in [7, 11) is 0. The molecule has 8 heteroatoms. The van der Waals surface area contributed by atoms with Crippen LogP contribution in [0.5, 0.6) is 0 Å². The van der Waals surface area contributed by atoms with Gasteiger partial charge in [0.15, 0.2) is 0 Å². The van der Waals surface area contributed by atoms with Crippen LogP contribution in [0, 0.1) is 46.3 Å². The van der Waals surface area contributed by atoms with E-state index in [1.54, 1.807) is 0 Å². The predicted octanol–water partition coefficient (Wildman–Crippen LogP) is 5.38. The molecule has 0 aromatic heterocycles. The first kappa shape index (κ1) is 30.4. The number of ketones is 3. The third-order valence-corrected chi connectivity index (χ3v) is 11.9. The Morgan fingerprint density at radius 1 is 0.976 bits per heavy atom. The Kier molecular flexibility index (Phi) is 9.08. The van der Waals surface area contributed by atoms with E-state index in [-0.39, 0.29) is 89.7 Å². The monoisotopic (exact) mass is 572 g/mol. The van der Waals surface area contributed by atoms with E-state index in [2.05, 4.69) is 20.8 Å². The topological polar surface area (TPSA) is 113 Å². The first-order chi connectivity index (χ1) is 19.5. The molecule has 0 spiro atoms. The fraction of sp³-hybridized carbons (Fsp3) is 0.848. The zero-order chi connectivity index (χ0) is 29.4. The summed E-state index contributed by atoms with van der Waals surface area (Å²) in [5, 5.41) is 0. The highest BCUT2D eigenvalue weighted by molar-refractivity contribution is 5.93. The van der Waals surface area contributed by atoms with Crippen LogP contribution in [0.4, 0.5) is 0 Å². The Morgan fingerprint density at radius 3 is 2.54 bits per heavy atom. The quantitative estimate of drug-likeness (QED) is 0.267. The van der Waals surface area contributed by atoms with E-state index in [4.69, 9.17) is 14.2 Å². The van der Waals surface area contributed by atoms with Gasteiger partial charge < -0.3 is 14.2 Å². The van der Waals surface area contributed by atoms with Crippen molar-refractivity contribution in [3.63, 3.8) is 0 Å². The Balaban J connectivity index is 1.11. The van der Waals surface area contributed by atoms with E-state index in [1.165, 1.54) is 0 Å². The third-order valence-electron chi connectivity index (χ3n) is 11.9. The van der Waals surface area contributed by atoms with Crippen molar-refractivity contribution in [2.45, 2.75) is 117 Å². The molecule has 4 aliphatic carbocycles. The smallest absolute Gasteiger partial charge is 0.308 e. The molecule has 5 rings (SSSR count). The standard InChI is InChI=1S/C33H48O8/c1-20(9-12-28(37)39-16-6-7-29(38)41-30-8-4-5-15-40-30)23-10-11-24-31-25(19-27(36)33(23,24)3)32(2)14-13-22(34)17-21(32)18-26(31)35/h20-21,23-25,30-31H,4-19H2,1-3H3. The lowest BCUT2D eigenvalue weighted by atomic mass is 9.44. The van der Waals surface area contributed by atoms with Crippen molar-refractivity contribution in [3.05, 3.63) is 0 Å². The number of hydrogen-bond acceptors (Lipinski definition) is 8. The van der Waals surface area contributed by atoms with Crippen molar-refractivity contribution >= 4 is 29.3 Å². The predicted molar refractivity (Wildman–Crippen MR) is 149 cm³/mol. The maximum Gasteiger partial charge on any atom is 0.308 e. The molecule has 0 bridgehead atoms. The number of ether oxygens (including phenoxy) is 3. The van der Waals surface area contributed by atoms with Crippen LogP contribution in [0.3, 0.4) is 0 Å². The number of rotatable bonds is 9. The van der Waals surface area contributed by atoms with Gasteiger partial charge in [0.05, 0.1) is 13.2 Å². The number of hydrogen-bond donors (Lipinski definition) is 0. The van der Waals surface area contributed by atoms with E-state index < -0.39 is 11.7 Å². The molecule has 0 aromatic carbocycles. The van der Waals surface area contributed by atoms with Crippen molar-refractivity contribution in [3.8, 4) is 0 Å². The second-order valence-corrected chi connectivity index (χ2v) is 14.1. The molecule has 0 radical (unpaired) electrons. The number of Topliss-reactive ketones (excluding diaryl/α,β-unsaturated/α-hetero) is 3. The normalized spacial score (nSPS) is 39.3. The summed E-state index contributed by atoms with van der Waals surface area (Å²) in [5.74, 6) is 0.547. The zero-order valence-corrected chi connectivity index (χ0v) is 25.1. The molecule has 8 nitrogen and oxygen atoms in total. The van der Waals surface area contributed by atoms with E-state index in [0.29, 0.717) is 45.1 Å². The van der Waals surface area contributed by atoms with Gasteiger partial charge in [0.1, 0.15) is 17.3 Å². The molecule has 1 heterocycles. The van der Waals surface area contributed by atoms with Crippen LogP contribution in [0.25, 0.3) is 0 Å². The molecule has 9 unspecified atom stereocenters. The summed E-state index contributed by atoms with van der Waals surface area (Å²) in [6.07, 6.45) is 8.27. The minimum absolute atomic E-state index is 0.0453. The van der Waals surface area contributed by atoms with E-state index >= 15 is 0 Å². The molecule has 0 N–H and O–H groups in total. The summed E-state index contributed by atoms with van der Waals surface area (Å²) in [5.41, 5.74) is -0.659. The SMILES string of the molecule is CC(CCC(=O)OCCCC(=O)OC1CCCCO1)C1CCC2C3C(=O)CC4CC(=O)CCC4(C)C3CC(=O)C12C. The van der Waals surface area contributed by atoms with Gasteiger partial charge in [-0.2, -0.15) is 0 Å². The summed E-state index contributed by atoms with van der Waals surface area (Å²) >= 11 is 0. The van der Waals surface area contributed by atoms with Crippen LogP contribution >= 0.6 is 0 Å². The Bertz CT molecular complexity index is 1050. The van der Waals surface area contributed by atoms with Gasteiger partial charge in [0.2, 0.25) is 6.29 Å². The summed E-state index contributed by atoms with van der Waals surface area (Å²) in [4.78, 5) is 64.2. The average Bonchev–Trinajstić information content (AvgIpc) is 3.30. The van der Waals surface area contributed by atoms with E-state index in [0.717, 1.165) is 38.5 Å². The van der Waals surface area contributed by atoms with Gasteiger partial charge >= 0.3 is 11.9 Å². The highest BCUT2D eigenvalue weighted by Gasteiger charge is 2.66. The number of fused-ring (bicyclic) bond motifs is 5. The summed E-state index contributed by atoms with van der Waals surface area (Å²) in [6.45, 7) is 7.24. The molecule has 5 fully saturated rings. The first-order valence-electron chi connectivity index (χ1n) is 16.1. The van der Waals surface area contributed by atoms with Gasteiger partial charge in [-0.05, 0) is 80.0 Å². The molecule has 228 valence electrons. The first-order valence-corrected chi connectivity index (χ1v) is 16.1. The minimum atomic E-state index is -0.545. The van der Waals surface area contributed by atoms with Gasteiger partial charge in [-0.3, -0.25) is 24.0 Å². The number of carbonyl (C=O) groups is 5. The second-order valence-electron chi connectivity index (χ2n) is 14.1. The molecule has 0 amide bonds. The molecule has 1 aliphatic heterocycles. The fourth-order valence-electron chi connectivity index (χ4n) is 9.42. The van der Waals surface area contributed by atoms with Gasteiger partial charge in [-0.25, -0.2) is 0 Å².